The molecule has 0 radical (unpaired) electrons. The van der Waals surface area contributed by atoms with Crippen LogP contribution in [-0.2, 0) is 4.79 Å². The lowest BCUT2D eigenvalue weighted by Crippen LogP contribution is -2.44. The van der Waals surface area contributed by atoms with Crippen molar-refractivity contribution in [1.82, 2.24) is 9.88 Å². The molecule has 0 aliphatic carbocycles. The van der Waals surface area contributed by atoms with Crippen molar-refractivity contribution < 1.29 is 24.1 Å². The number of carbonyl (C=O) groups is 1. The van der Waals surface area contributed by atoms with Crippen LogP contribution in [-0.4, -0.2) is 52.8 Å². The summed E-state index contributed by atoms with van der Waals surface area (Å²) >= 11 is 6.42. The van der Waals surface area contributed by atoms with Gasteiger partial charge in [0, 0.05) is 29.3 Å². The number of hydrogen-bond donors (Lipinski definition) is 2. The molecule has 1 aliphatic rings. The van der Waals surface area contributed by atoms with Crippen LogP contribution in [0.25, 0.3) is 10.9 Å². The Kier molecular flexibility index (Phi) is 8.42. The quantitative estimate of drug-likeness (QED) is 0.439. The lowest BCUT2D eigenvalue weighted by Gasteiger charge is -2.36. The highest BCUT2D eigenvalue weighted by Crippen LogP contribution is 2.36. The number of hydrogen-bond acceptors (Lipinski definition) is 5. The van der Waals surface area contributed by atoms with E-state index in [0.29, 0.717) is 66.3 Å². The van der Waals surface area contributed by atoms with E-state index in [0.717, 1.165) is 5.39 Å². The number of nitrogens with zero attached hydrogens (tertiary/aromatic N) is 2. The second kappa shape index (κ2) is 11.7. The summed E-state index contributed by atoms with van der Waals surface area (Å²) in [7, 11) is 1.57. The van der Waals surface area contributed by atoms with E-state index in [4.69, 9.17) is 16.3 Å². The molecule has 0 saturated carbocycles. The van der Waals surface area contributed by atoms with Crippen molar-refractivity contribution in [2.45, 2.75) is 25.4 Å². The third-order valence-electron chi connectivity index (χ3n) is 6.73. The van der Waals surface area contributed by atoms with Crippen LogP contribution >= 0.6 is 11.6 Å². The van der Waals surface area contributed by atoms with E-state index in [-0.39, 0.29) is 11.7 Å². The number of carboxylic acid groups (broad SMARTS) is 1. The van der Waals surface area contributed by atoms with Crippen LogP contribution < -0.4 is 4.74 Å². The third-order valence-corrected chi connectivity index (χ3v) is 7.03. The lowest BCUT2D eigenvalue weighted by atomic mass is 9.81. The number of carboxylic acids is 1. The Morgan fingerprint density at radius 2 is 2.17 bits per heavy atom. The summed E-state index contributed by atoms with van der Waals surface area (Å²) in [5.41, 5.74) is 1.87. The molecule has 36 heavy (non-hydrogen) atoms. The summed E-state index contributed by atoms with van der Waals surface area (Å²) < 4.78 is 18.6. The average Bonchev–Trinajstić information content (AvgIpc) is 2.87. The van der Waals surface area contributed by atoms with Gasteiger partial charge in [-0.2, -0.15) is 0 Å². The molecule has 4 rings (SSSR count). The van der Waals surface area contributed by atoms with Crippen molar-refractivity contribution in [2.75, 3.05) is 26.7 Å². The molecular formula is C28H28ClFN2O4. The maximum absolute atomic E-state index is 13.3. The van der Waals surface area contributed by atoms with E-state index in [9.17, 15) is 19.4 Å². The molecule has 2 aromatic carbocycles. The van der Waals surface area contributed by atoms with Crippen molar-refractivity contribution in [2.24, 2.45) is 11.8 Å². The number of piperidine rings is 1. The second-order valence-corrected chi connectivity index (χ2v) is 9.44. The van der Waals surface area contributed by atoms with E-state index in [1.54, 1.807) is 31.4 Å². The number of fused-ring (bicyclic) bond motifs is 1. The monoisotopic (exact) mass is 510 g/mol. The molecule has 2 N–H and O–H groups in total. The molecule has 0 bridgehead atoms. The van der Waals surface area contributed by atoms with E-state index < -0.39 is 18.0 Å². The molecule has 8 heteroatoms. The van der Waals surface area contributed by atoms with Gasteiger partial charge in [-0.15, -0.1) is 0 Å². The first kappa shape index (κ1) is 25.9. The molecule has 2 heterocycles. The summed E-state index contributed by atoms with van der Waals surface area (Å²) in [4.78, 5) is 18.4. The number of aromatic nitrogens is 1. The molecule has 1 saturated heterocycles. The number of likely N-dealkylation sites (tertiary alicyclic amines) is 1. The maximum Gasteiger partial charge on any atom is 0.308 e. The fourth-order valence-corrected chi connectivity index (χ4v) is 5.08. The fourth-order valence-electron chi connectivity index (χ4n) is 4.81. The smallest absolute Gasteiger partial charge is 0.308 e. The van der Waals surface area contributed by atoms with Crippen molar-refractivity contribution in [3.8, 4) is 17.6 Å². The first-order chi connectivity index (χ1) is 17.4. The number of aliphatic hydroxyl groups is 1. The van der Waals surface area contributed by atoms with Crippen molar-refractivity contribution in [3.05, 3.63) is 70.6 Å². The highest BCUT2D eigenvalue weighted by atomic mass is 35.5. The van der Waals surface area contributed by atoms with Gasteiger partial charge in [0.05, 0.1) is 36.2 Å². The van der Waals surface area contributed by atoms with Gasteiger partial charge in [-0.25, -0.2) is 4.39 Å². The minimum Gasteiger partial charge on any atom is -0.497 e. The Morgan fingerprint density at radius 3 is 2.92 bits per heavy atom. The Hall–Kier alpha value is -3.18. The molecular weight excluding hydrogens is 483 g/mol. The molecule has 3 atom stereocenters. The second-order valence-electron chi connectivity index (χ2n) is 9.04. The summed E-state index contributed by atoms with van der Waals surface area (Å²) in [5.74, 6) is 4.77. The first-order valence-electron chi connectivity index (χ1n) is 11.9. The zero-order valence-corrected chi connectivity index (χ0v) is 20.7. The number of benzene rings is 2. The van der Waals surface area contributed by atoms with E-state index in [1.807, 2.05) is 11.0 Å². The largest absolute Gasteiger partial charge is 0.497 e. The molecule has 1 aromatic heterocycles. The summed E-state index contributed by atoms with van der Waals surface area (Å²) in [6, 6.07) is 11.5. The molecule has 1 fully saturated rings. The molecule has 3 aromatic rings. The summed E-state index contributed by atoms with van der Waals surface area (Å²) in [5, 5.41) is 22.0. The van der Waals surface area contributed by atoms with E-state index in [2.05, 4.69) is 16.8 Å². The van der Waals surface area contributed by atoms with Crippen molar-refractivity contribution in [3.63, 3.8) is 0 Å². The van der Waals surface area contributed by atoms with Gasteiger partial charge >= 0.3 is 5.97 Å². The van der Waals surface area contributed by atoms with Crippen LogP contribution in [0, 0.1) is 29.5 Å². The molecule has 0 amide bonds. The minimum atomic E-state index is -0.861. The summed E-state index contributed by atoms with van der Waals surface area (Å²) in [6.07, 6.45) is 2.27. The van der Waals surface area contributed by atoms with Crippen LogP contribution in [0.4, 0.5) is 4.39 Å². The molecule has 3 unspecified atom stereocenters. The van der Waals surface area contributed by atoms with Crippen LogP contribution in [0.5, 0.6) is 5.75 Å². The van der Waals surface area contributed by atoms with Gasteiger partial charge in [-0.3, -0.25) is 14.7 Å². The predicted molar refractivity (Wildman–Crippen MR) is 136 cm³/mol. The normalized spacial score (nSPS) is 18.9. The van der Waals surface area contributed by atoms with Crippen LogP contribution in [0.1, 0.15) is 36.5 Å². The first-order valence-corrected chi connectivity index (χ1v) is 12.2. The molecule has 6 nitrogen and oxygen atoms in total. The number of rotatable bonds is 7. The number of aliphatic carboxylic acids is 1. The van der Waals surface area contributed by atoms with Gasteiger partial charge in [0.1, 0.15) is 11.6 Å². The number of halogens is 2. The highest BCUT2D eigenvalue weighted by Gasteiger charge is 2.34. The van der Waals surface area contributed by atoms with Gasteiger partial charge in [-0.05, 0) is 68.1 Å². The fraction of sp³-hybridized carbons (Fsp3) is 0.357. The Balaban J connectivity index is 1.41. The Morgan fingerprint density at radius 1 is 1.33 bits per heavy atom. The van der Waals surface area contributed by atoms with Gasteiger partial charge < -0.3 is 14.9 Å². The standard InChI is InChI=1S/C28H28ClFN2O4/c1-36-21-8-9-25-22(15-21)27(24(29)16-31-25)26(33)10-7-19-11-13-32(17-23(19)28(34)35)12-3-5-18-4-2-6-20(30)14-18/h2,4,6,8-9,14-16,19,23,26,33H,7,10-13,17H2,1H3,(H,34,35). The molecule has 0 spiro atoms. The number of ether oxygens (including phenoxy) is 1. The van der Waals surface area contributed by atoms with E-state index in [1.165, 1.54) is 18.3 Å². The van der Waals surface area contributed by atoms with Gasteiger partial charge in [0.2, 0.25) is 0 Å². The van der Waals surface area contributed by atoms with Gasteiger partial charge in [0.25, 0.3) is 0 Å². The lowest BCUT2D eigenvalue weighted by molar-refractivity contribution is -0.146. The third kappa shape index (κ3) is 6.14. The molecule has 188 valence electrons. The Bertz CT molecular complexity index is 1310. The Labute approximate surface area is 214 Å². The summed E-state index contributed by atoms with van der Waals surface area (Å²) in [6.45, 7) is 1.50. The number of aliphatic hydroxyl groups excluding tert-OH is 1. The highest BCUT2D eigenvalue weighted by molar-refractivity contribution is 6.32. The van der Waals surface area contributed by atoms with E-state index >= 15 is 0 Å². The minimum absolute atomic E-state index is 0.0778. The SMILES string of the molecule is COc1ccc2ncc(Cl)c(C(O)CCC3CCN(CC#Cc4cccc(F)c4)CC3C(=O)O)c2c1. The zero-order chi connectivity index (χ0) is 25.7. The van der Waals surface area contributed by atoms with Gasteiger partial charge in [-0.1, -0.05) is 29.5 Å². The van der Waals surface area contributed by atoms with Crippen molar-refractivity contribution in [1.29, 1.82) is 0 Å². The maximum atomic E-state index is 13.3. The number of pyridine rings is 1. The number of methoxy groups -OCH3 is 1. The van der Waals surface area contributed by atoms with Crippen LogP contribution in [0.2, 0.25) is 5.02 Å². The average molecular weight is 511 g/mol. The zero-order valence-electron chi connectivity index (χ0n) is 20.0. The van der Waals surface area contributed by atoms with Crippen LogP contribution in [0.3, 0.4) is 0 Å². The molecule has 1 aliphatic heterocycles. The van der Waals surface area contributed by atoms with Gasteiger partial charge in [0.15, 0.2) is 0 Å². The van der Waals surface area contributed by atoms with Crippen LogP contribution in [0.15, 0.2) is 48.7 Å². The predicted octanol–water partition coefficient (Wildman–Crippen LogP) is 4.92. The topological polar surface area (TPSA) is 82.9 Å². The van der Waals surface area contributed by atoms with Crippen molar-refractivity contribution >= 4 is 28.5 Å².